The van der Waals surface area contributed by atoms with E-state index in [1.54, 1.807) is 0 Å². The van der Waals surface area contributed by atoms with E-state index in [0.29, 0.717) is 0 Å². The predicted octanol–water partition coefficient (Wildman–Crippen LogP) is -0.610. The summed E-state index contributed by atoms with van der Waals surface area (Å²) in [5, 5.41) is 2.38. The highest BCUT2D eigenvalue weighted by molar-refractivity contribution is 7.91. The van der Waals surface area contributed by atoms with E-state index in [-0.39, 0.29) is 22.8 Å². The number of amides is 1. The molecule has 0 saturated heterocycles. The maximum absolute atomic E-state index is 12.1. The van der Waals surface area contributed by atoms with Gasteiger partial charge in [0.15, 0.2) is 9.84 Å². The number of carbonyl (C=O) groups is 2. The maximum Gasteiger partial charge on any atom is 0.427 e. The Bertz CT molecular complexity index is 1030. The van der Waals surface area contributed by atoms with Gasteiger partial charge < -0.3 is 5.32 Å². The first-order chi connectivity index (χ1) is 12.7. The molecule has 13 nitrogen and oxygen atoms in total. The third kappa shape index (κ3) is 9.31. The molecule has 0 radical (unpaired) electrons. The molecule has 16 heteroatoms. The Kier molecular flexibility index (Phi) is 8.17. The zero-order valence-electron chi connectivity index (χ0n) is 14.1. The Balaban J connectivity index is 2.65. The van der Waals surface area contributed by atoms with Gasteiger partial charge in [-0.3, -0.25) is 14.1 Å². The van der Waals surface area contributed by atoms with Gasteiger partial charge in [-0.1, -0.05) is 8.67 Å². The van der Waals surface area contributed by atoms with E-state index in [0.717, 1.165) is 12.1 Å². The van der Waals surface area contributed by atoms with E-state index in [1.807, 2.05) is 0 Å². The van der Waals surface area contributed by atoms with E-state index in [2.05, 4.69) is 18.2 Å². The highest BCUT2D eigenvalue weighted by Gasteiger charge is 2.21. The second kappa shape index (κ2) is 9.50. The lowest BCUT2D eigenvalue weighted by Crippen LogP contribution is -2.19. The zero-order valence-corrected chi connectivity index (χ0v) is 16.5. The van der Waals surface area contributed by atoms with Gasteiger partial charge in [-0.05, 0) is 31.2 Å². The zero-order chi connectivity index (χ0) is 21.6. The average molecular weight is 461 g/mol. The third-order valence-electron chi connectivity index (χ3n) is 2.68. The van der Waals surface area contributed by atoms with Crippen LogP contribution in [0.25, 0.3) is 0 Å². The van der Waals surface area contributed by atoms with E-state index in [1.165, 1.54) is 19.1 Å². The molecule has 0 heterocycles. The molecule has 0 aliphatic heterocycles. The van der Waals surface area contributed by atoms with Crippen molar-refractivity contribution in [1.29, 1.82) is 0 Å². The van der Waals surface area contributed by atoms with Gasteiger partial charge >= 0.3 is 20.8 Å². The monoisotopic (exact) mass is 461 g/mol. The summed E-state index contributed by atoms with van der Waals surface area (Å²) in [5.41, 5.74) is 0.236. The molecular formula is C12H15NO12S3. The van der Waals surface area contributed by atoms with Crippen LogP contribution in [0, 0.1) is 0 Å². The second-order valence-electron chi connectivity index (χ2n) is 5.06. The maximum atomic E-state index is 12.1. The molecule has 0 fully saturated rings. The molecule has 1 rings (SSSR count). The fraction of sp³-hybridized carbons (Fsp3) is 0.333. The van der Waals surface area contributed by atoms with Crippen molar-refractivity contribution in [2.75, 3.05) is 17.7 Å². The van der Waals surface area contributed by atoms with Gasteiger partial charge in [0.05, 0.1) is 23.7 Å². The fourth-order valence-corrected chi connectivity index (χ4v) is 3.70. The average Bonchev–Trinajstić information content (AvgIpc) is 2.52. The first-order valence-electron chi connectivity index (χ1n) is 7.07. The van der Waals surface area contributed by atoms with Crippen LogP contribution in [0.4, 0.5) is 5.69 Å². The van der Waals surface area contributed by atoms with Crippen molar-refractivity contribution >= 4 is 48.0 Å². The molecule has 0 aliphatic carbocycles. The SMILES string of the molecule is CC(=O)CC(=O)Nc1ccc(S(=O)(=O)CCOS(=O)(=O)OOS(=O)(=O)O)cc1. The summed E-state index contributed by atoms with van der Waals surface area (Å²) in [6.07, 6.45) is -0.338. The topological polar surface area (TPSA) is 197 Å². The highest BCUT2D eigenvalue weighted by atomic mass is 32.3. The second-order valence-corrected chi connectivity index (χ2v) is 9.35. The summed E-state index contributed by atoms with van der Waals surface area (Å²) in [4.78, 5) is 22.1. The van der Waals surface area contributed by atoms with E-state index >= 15 is 0 Å². The molecule has 0 spiro atoms. The molecule has 0 saturated carbocycles. The number of hydrogen-bond donors (Lipinski definition) is 2. The van der Waals surface area contributed by atoms with E-state index < -0.39 is 48.9 Å². The van der Waals surface area contributed by atoms with Crippen molar-refractivity contribution in [3.63, 3.8) is 0 Å². The lowest BCUT2D eigenvalue weighted by Gasteiger charge is -2.07. The van der Waals surface area contributed by atoms with Gasteiger partial charge in [0.2, 0.25) is 5.91 Å². The van der Waals surface area contributed by atoms with Crippen LogP contribution in [0.2, 0.25) is 0 Å². The molecule has 0 bridgehead atoms. The summed E-state index contributed by atoms with van der Waals surface area (Å²) in [7, 11) is -14.3. The van der Waals surface area contributed by atoms with Crippen LogP contribution in [-0.4, -0.2) is 53.9 Å². The van der Waals surface area contributed by atoms with E-state index in [9.17, 15) is 34.8 Å². The molecule has 1 aromatic rings. The predicted molar refractivity (Wildman–Crippen MR) is 91.0 cm³/mol. The van der Waals surface area contributed by atoms with Crippen LogP contribution in [0.15, 0.2) is 29.2 Å². The first kappa shape index (κ1) is 24.1. The van der Waals surface area contributed by atoms with Crippen molar-refractivity contribution < 1.29 is 52.2 Å². The van der Waals surface area contributed by atoms with Crippen LogP contribution in [0.5, 0.6) is 0 Å². The largest absolute Gasteiger partial charge is 0.427 e. The van der Waals surface area contributed by atoms with Crippen LogP contribution < -0.4 is 5.32 Å². The molecule has 0 unspecified atom stereocenters. The Labute approximate surface area is 160 Å². The van der Waals surface area contributed by atoms with Gasteiger partial charge in [0.1, 0.15) is 5.78 Å². The number of carbonyl (C=O) groups excluding carboxylic acids is 2. The van der Waals surface area contributed by atoms with Crippen molar-refractivity contribution in [3.8, 4) is 0 Å². The molecule has 2 N–H and O–H groups in total. The Morgan fingerprint density at radius 1 is 1.00 bits per heavy atom. The molecule has 0 aliphatic rings. The smallest absolute Gasteiger partial charge is 0.326 e. The molecule has 158 valence electrons. The van der Waals surface area contributed by atoms with Gasteiger partial charge in [-0.15, -0.1) is 0 Å². The minimum Gasteiger partial charge on any atom is -0.326 e. The third-order valence-corrected chi connectivity index (χ3v) is 5.39. The van der Waals surface area contributed by atoms with Crippen molar-refractivity contribution in [1.82, 2.24) is 0 Å². The lowest BCUT2D eigenvalue weighted by atomic mass is 10.2. The van der Waals surface area contributed by atoms with Crippen LogP contribution in [0.1, 0.15) is 13.3 Å². The lowest BCUT2D eigenvalue weighted by molar-refractivity contribution is -0.124. The number of sulfone groups is 1. The highest BCUT2D eigenvalue weighted by Crippen LogP contribution is 2.16. The van der Waals surface area contributed by atoms with Gasteiger partial charge in [-0.25, -0.2) is 12.6 Å². The van der Waals surface area contributed by atoms with Crippen molar-refractivity contribution in [2.45, 2.75) is 18.2 Å². The summed E-state index contributed by atoms with van der Waals surface area (Å²) in [5.74, 6) is -1.76. The van der Waals surface area contributed by atoms with Gasteiger partial charge in [-0.2, -0.15) is 16.8 Å². The number of nitrogens with one attached hydrogen (secondary N) is 1. The van der Waals surface area contributed by atoms with Crippen LogP contribution >= 0.6 is 0 Å². The summed E-state index contributed by atoms with van der Waals surface area (Å²) >= 11 is 0. The van der Waals surface area contributed by atoms with Crippen molar-refractivity contribution in [2.24, 2.45) is 0 Å². The first-order valence-corrected chi connectivity index (χ1v) is 11.4. The number of Topliss-reactive ketones (excluding diaryl/α,β-unsaturated/α-hetero) is 1. The number of ketones is 1. The minimum atomic E-state index is -5.22. The molecule has 0 aromatic heterocycles. The molecule has 28 heavy (non-hydrogen) atoms. The number of benzene rings is 1. The summed E-state index contributed by atoms with van der Waals surface area (Å²) < 4.78 is 85.6. The van der Waals surface area contributed by atoms with Crippen LogP contribution in [0.3, 0.4) is 0 Å². The summed E-state index contributed by atoms with van der Waals surface area (Å²) in [6, 6.07) is 4.77. The Morgan fingerprint density at radius 2 is 1.57 bits per heavy atom. The van der Waals surface area contributed by atoms with E-state index in [4.69, 9.17) is 4.55 Å². The standard InChI is InChI=1S/C12H15NO12S3/c1-9(14)8-12(15)13-10-2-4-11(5-3-10)26(16,17)7-6-23-28(21,22)25-24-27(18,19)20/h2-5H,6-8H2,1H3,(H,13,15)(H,18,19,20). The van der Waals surface area contributed by atoms with Crippen LogP contribution in [-0.2, 0) is 53.1 Å². The van der Waals surface area contributed by atoms with Gasteiger partial charge in [0, 0.05) is 5.69 Å². The quantitative estimate of drug-likeness (QED) is 0.184. The normalized spacial score (nSPS) is 12.5. The van der Waals surface area contributed by atoms with Crippen molar-refractivity contribution in [3.05, 3.63) is 24.3 Å². The molecular weight excluding hydrogens is 446 g/mol. The summed E-state index contributed by atoms with van der Waals surface area (Å²) in [6.45, 7) is 0.286. The molecule has 0 atom stereocenters. The number of rotatable bonds is 11. The number of anilines is 1. The van der Waals surface area contributed by atoms with Gasteiger partial charge in [0.25, 0.3) is 0 Å². The molecule has 1 amide bonds. The number of hydrogen-bond acceptors (Lipinski definition) is 11. The Hall–Kier alpha value is -1.95. The Morgan fingerprint density at radius 3 is 2.07 bits per heavy atom. The molecule has 1 aromatic carbocycles. The minimum absolute atomic E-state index is 0.229. The fourth-order valence-electron chi connectivity index (χ4n) is 1.63.